The van der Waals surface area contributed by atoms with Crippen molar-refractivity contribution in [3.05, 3.63) is 82.9 Å². The molecule has 7 nitrogen and oxygen atoms in total. The van der Waals surface area contributed by atoms with Gasteiger partial charge in [-0.05, 0) is 29.0 Å². The molecule has 0 spiro atoms. The van der Waals surface area contributed by atoms with Gasteiger partial charge in [-0.2, -0.15) is 0 Å². The van der Waals surface area contributed by atoms with Crippen LogP contribution in [-0.2, 0) is 38.7 Å². The SMILES string of the molecule is COC(=O)C12C=C(c3ccc(C(C)(C)C)cc3)OC(c3ccccc3)=C1CC(C(=O)OC)(C(=O)OC)C2. The minimum Gasteiger partial charge on any atom is -0.468 e. The number of hydrogen-bond acceptors (Lipinski definition) is 7. The van der Waals surface area contributed by atoms with Gasteiger partial charge in [-0.15, -0.1) is 0 Å². The predicted octanol–water partition coefficient (Wildman–Crippen LogP) is 5.05. The van der Waals surface area contributed by atoms with Gasteiger partial charge in [0.15, 0.2) is 5.41 Å². The fourth-order valence-electron chi connectivity index (χ4n) is 5.25. The summed E-state index contributed by atoms with van der Waals surface area (Å²) in [5, 5.41) is 0. The topological polar surface area (TPSA) is 88.1 Å². The van der Waals surface area contributed by atoms with E-state index in [0.29, 0.717) is 22.7 Å². The first-order valence-electron chi connectivity index (χ1n) is 12.1. The van der Waals surface area contributed by atoms with Gasteiger partial charge in [-0.1, -0.05) is 75.4 Å². The van der Waals surface area contributed by atoms with E-state index in [1.165, 1.54) is 21.3 Å². The van der Waals surface area contributed by atoms with Crippen molar-refractivity contribution in [3.8, 4) is 0 Å². The van der Waals surface area contributed by atoms with Gasteiger partial charge in [0, 0.05) is 17.5 Å². The van der Waals surface area contributed by atoms with E-state index in [-0.39, 0.29) is 18.3 Å². The second-order valence-electron chi connectivity index (χ2n) is 10.5. The number of hydrogen-bond donors (Lipinski definition) is 0. The van der Waals surface area contributed by atoms with Crippen LogP contribution in [-0.4, -0.2) is 39.2 Å². The molecule has 2 aromatic carbocycles. The standard InChI is InChI=1S/C30H32O7/c1-28(2,3)21-14-12-19(13-15-21)23-17-29(25(31)34-4)18-30(26(32)35-5,27(33)36-6)16-22(29)24(37-23)20-10-8-7-9-11-20/h7-15,17H,16,18H2,1-6H3. The molecule has 1 saturated carbocycles. The Balaban J connectivity index is 1.98. The van der Waals surface area contributed by atoms with E-state index < -0.39 is 28.7 Å². The molecule has 4 rings (SSSR count). The van der Waals surface area contributed by atoms with Gasteiger partial charge in [-0.25, -0.2) is 0 Å². The van der Waals surface area contributed by atoms with Gasteiger partial charge in [-0.3, -0.25) is 14.4 Å². The molecule has 1 unspecified atom stereocenters. The molecule has 194 valence electrons. The summed E-state index contributed by atoms with van der Waals surface area (Å²) in [5.41, 5.74) is -0.160. The van der Waals surface area contributed by atoms with Gasteiger partial charge in [0.05, 0.1) is 21.3 Å². The molecular weight excluding hydrogens is 472 g/mol. The molecule has 2 aromatic rings. The fraction of sp³-hybridized carbons (Fsp3) is 0.367. The molecule has 0 radical (unpaired) electrons. The van der Waals surface area contributed by atoms with Gasteiger partial charge < -0.3 is 18.9 Å². The molecule has 1 heterocycles. The van der Waals surface area contributed by atoms with Crippen LogP contribution in [0, 0.1) is 10.8 Å². The summed E-state index contributed by atoms with van der Waals surface area (Å²) in [4.78, 5) is 39.8. The highest BCUT2D eigenvalue weighted by Crippen LogP contribution is 2.60. The maximum Gasteiger partial charge on any atom is 0.323 e. The molecule has 1 fully saturated rings. The molecule has 7 heteroatoms. The van der Waals surface area contributed by atoms with Gasteiger partial charge >= 0.3 is 17.9 Å². The van der Waals surface area contributed by atoms with Crippen molar-refractivity contribution in [2.75, 3.05) is 21.3 Å². The zero-order valence-electron chi connectivity index (χ0n) is 22.0. The first kappa shape index (κ1) is 26.2. The van der Waals surface area contributed by atoms with Crippen LogP contribution < -0.4 is 0 Å². The van der Waals surface area contributed by atoms with Crippen LogP contribution in [0.2, 0.25) is 0 Å². The molecule has 1 aliphatic carbocycles. The van der Waals surface area contributed by atoms with Crippen LogP contribution in [0.3, 0.4) is 0 Å². The number of esters is 3. The summed E-state index contributed by atoms with van der Waals surface area (Å²) in [6.07, 6.45) is 1.35. The van der Waals surface area contributed by atoms with Crippen molar-refractivity contribution in [2.45, 2.75) is 39.0 Å². The average molecular weight is 505 g/mol. The summed E-state index contributed by atoms with van der Waals surface area (Å²) >= 11 is 0. The number of methoxy groups -OCH3 is 3. The Labute approximate surface area is 217 Å². The molecule has 37 heavy (non-hydrogen) atoms. The molecule has 0 aromatic heterocycles. The number of carbonyl (C=O) groups excluding carboxylic acids is 3. The molecule has 0 N–H and O–H groups in total. The third-order valence-electron chi connectivity index (χ3n) is 7.23. The van der Waals surface area contributed by atoms with E-state index in [9.17, 15) is 14.4 Å². The molecular formula is C30H32O7. The highest BCUT2D eigenvalue weighted by atomic mass is 16.5. The van der Waals surface area contributed by atoms with Crippen LogP contribution in [0.4, 0.5) is 0 Å². The molecule has 0 bridgehead atoms. The molecule has 2 aliphatic rings. The Morgan fingerprint density at radius 1 is 0.784 bits per heavy atom. The zero-order valence-corrected chi connectivity index (χ0v) is 22.0. The Morgan fingerprint density at radius 3 is 1.86 bits per heavy atom. The van der Waals surface area contributed by atoms with E-state index in [2.05, 4.69) is 20.8 Å². The number of fused-ring (bicyclic) bond motifs is 1. The first-order valence-corrected chi connectivity index (χ1v) is 12.1. The van der Waals surface area contributed by atoms with Crippen molar-refractivity contribution in [3.63, 3.8) is 0 Å². The predicted molar refractivity (Wildman–Crippen MR) is 138 cm³/mol. The lowest BCUT2D eigenvalue weighted by Crippen LogP contribution is -2.41. The molecule has 1 atom stereocenters. The molecule has 1 aliphatic heterocycles. The van der Waals surface area contributed by atoms with Gasteiger partial charge in [0.25, 0.3) is 0 Å². The van der Waals surface area contributed by atoms with E-state index in [4.69, 9.17) is 18.9 Å². The van der Waals surface area contributed by atoms with Crippen molar-refractivity contribution < 1.29 is 33.3 Å². The van der Waals surface area contributed by atoms with Crippen molar-refractivity contribution in [1.82, 2.24) is 0 Å². The highest BCUT2D eigenvalue weighted by molar-refractivity contribution is 6.05. The van der Waals surface area contributed by atoms with Crippen LogP contribution in [0.1, 0.15) is 50.3 Å². The van der Waals surface area contributed by atoms with Crippen LogP contribution >= 0.6 is 0 Å². The number of carbonyl (C=O) groups is 3. The maximum absolute atomic E-state index is 13.6. The van der Waals surface area contributed by atoms with Crippen molar-refractivity contribution in [1.29, 1.82) is 0 Å². The summed E-state index contributed by atoms with van der Waals surface area (Å²) in [7, 11) is 3.70. The lowest BCUT2D eigenvalue weighted by Gasteiger charge is -2.33. The third-order valence-corrected chi connectivity index (χ3v) is 7.23. The molecule has 0 saturated heterocycles. The lowest BCUT2D eigenvalue weighted by molar-refractivity contribution is -0.169. The van der Waals surface area contributed by atoms with Crippen molar-refractivity contribution >= 4 is 29.4 Å². The monoisotopic (exact) mass is 504 g/mol. The summed E-state index contributed by atoms with van der Waals surface area (Å²) in [6, 6.07) is 17.2. The Bertz CT molecular complexity index is 1260. The van der Waals surface area contributed by atoms with Crippen LogP contribution in [0.5, 0.6) is 0 Å². The van der Waals surface area contributed by atoms with Crippen LogP contribution in [0.15, 0.2) is 66.2 Å². The Hall–Kier alpha value is -3.87. The Kier molecular flexibility index (Phi) is 6.76. The number of benzene rings is 2. The van der Waals surface area contributed by atoms with Gasteiger partial charge in [0.1, 0.15) is 16.9 Å². The average Bonchev–Trinajstić information content (AvgIpc) is 3.29. The lowest BCUT2D eigenvalue weighted by atomic mass is 9.76. The quantitative estimate of drug-likeness (QED) is 0.320. The van der Waals surface area contributed by atoms with Gasteiger partial charge in [0.2, 0.25) is 0 Å². The zero-order chi connectivity index (χ0) is 27.0. The van der Waals surface area contributed by atoms with E-state index >= 15 is 0 Å². The summed E-state index contributed by atoms with van der Waals surface area (Å²) in [5.74, 6) is -1.32. The molecule has 0 amide bonds. The number of ether oxygens (including phenoxy) is 4. The van der Waals surface area contributed by atoms with Crippen molar-refractivity contribution in [2.24, 2.45) is 10.8 Å². The third kappa shape index (κ3) is 4.32. The largest absolute Gasteiger partial charge is 0.468 e. The fourth-order valence-corrected chi connectivity index (χ4v) is 5.25. The minimum absolute atomic E-state index is 0.0398. The van der Waals surface area contributed by atoms with E-state index in [1.54, 1.807) is 6.08 Å². The normalized spacial score (nSPS) is 20.3. The van der Waals surface area contributed by atoms with E-state index in [1.807, 2.05) is 54.6 Å². The second kappa shape index (κ2) is 9.54. The van der Waals surface area contributed by atoms with E-state index in [0.717, 1.165) is 11.1 Å². The second-order valence-corrected chi connectivity index (χ2v) is 10.5. The highest BCUT2D eigenvalue weighted by Gasteiger charge is 2.66. The Morgan fingerprint density at radius 2 is 1.35 bits per heavy atom. The summed E-state index contributed by atoms with van der Waals surface area (Å²) in [6.45, 7) is 6.39. The van der Waals surface area contributed by atoms with Crippen LogP contribution in [0.25, 0.3) is 11.5 Å². The first-order chi connectivity index (χ1) is 17.5. The number of rotatable bonds is 5. The minimum atomic E-state index is -1.74. The maximum atomic E-state index is 13.6. The summed E-state index contributed by atoms with van der Waals surface area (Å²) < 4.78 is 21.8. The smallest absolute Gasteiger partial charge is 0.323 e.